The molecule has 2 aromatic rings. The van der Waals surface area contributed by atoms with Crippen molar-refractivity contribution >= 4 is 17.5 Å². The fourth-order valence-electron chi connectivity index (χ4n) is 2.51. The molecule has 1 atom stereocenters. The van der Waals surface area contributed by atoms with Crippen LogP contribution in [0.1, 0.15) is 29.9 Å². The normalized spacial score (nSPS) is 11.8. The number of amides is 2. The fraction of sp³-hybridized carbons (Fsp3) is 0.368. The van der Waals surface area contributed by atoms with Crippen LogP contribution in [0.5, 0.6) is 0 Å². The number of nitrogens with one attached hydrogen (secondary N) is 2. The molecule has 6 heteroatoms. The van der Waals surface area contributed by atoms with Gasteiger partial charge in [-0.3, -0.25) is 14.9 Å². The largest absolute Gasteiger partial charge is 0.468 e. The zero-order valence-corrected chi connectivity index (χ0v) is 15.1. The van der Waals surface area contributed by atoms with Crippen molar-refractivity contribution in [1.82, 2.24) is 10.2 Å². The van der Waals surface area contributed by atoms with E-state index in [9.17, 15) is 9.59 Å². The molecule has 2 amide bonds. The minimum atomic E-state index is -0.215. The molecule has 0 aliphatic heterocycles. The quantitative estimate of drug-likeness (QED) is 0.810. The summed E-state index contributed by atoms with van der Waals surface area (Å²) < 4.78 is 5.29. The van der Waals surface area contributed by atoms with E-state index < -0.39 is 0 Å². The molecule has 134 valence electrons. The van der Waals surface area contributed by atoms with Crippen molar-refractivity contribution in [3.8, 4) is 0 Å². The summed E-state index contributed by atoms with van der Waals surface area (Å²) in [6.45, 7) is 5.94. The van der Waals surface area contributed by atoms with Gasteiger partial charge in [0.1, 0.15) is 5.76 Å². The molecular formula is C19H25N3O3. The van der Waals surface area contributed by atoms with Gasteiger partial charge in [0.15, 0.2) is 0 Å². The lowest BCUT2D eigenvalue weighted by molar-refractivity contribution is -0.132. The lowest BCUT2D eigenvalue weighted by atomic mass is 10.1. The monoisotopic (exact) mass is 343 g/mol. The van der Waals surface area contributed by atoms with Crippen LogP contribution in [0.4, 0.5) is 5.69 Å². The molecule has 2 N–H and O–H groups in total. The summed E-state index contributed by atoms with van der Waals surface area (Å²) in [4.78, 5) is 25.8. The molecule has 0 saturated carbocycles. The van der Waals surface area contributed by atoms with Crippen LogP contribution in [-0.2, 0) is 9.59 Å². The highest BCUT2D eigenvalue weighted by Gasteiger charge is 2.16. The third-order valence-electron chi connectivity index (χ3n) is 4.08. The Hall–Kier alpha value is -2.60. The molecule has 0 spiro atoms. The average molecular weight is 343 g/mol. The Morgan fingerprint density at radius 3 is 2.44 bits per heavy atom. The standard InChI is InChI=1S/C19H25N3O3/c1-13-7-5-8-14(2)19(13)21-17(23)12-22(4)18(24)11-20-15(3)16-9-6-10-25-16/h5-10,15,20H,11-12H2,1-4H3,(H,21,23)/t15-/m1/s1. The maximum atomic E-state index is 12.2. The van der Waals surface area contributed by atoms with Gasteiger partial charge >= 0.3 is 0 Å². The SMILES string of the molecule is Cc1cccc(C)c1NC(=O)CN(C)C(=O)CN[C@H](C)c1ccco1. The lowest BCUT2D eigenvalue weighted by Gasteiger charge is -2.19. The van der Waals surface area contributed by atoms with E-state index in [2.05, 4.69) is 10.6 Å². The minimum Gasteiger partial charge on any atom is -0.468 e. The van der Waals surface area contributed by atoms with Crippen LogP contribution < -0.4 is 10.6 Å². The first-order valence-corrected chi connectivity index (χ1v) is 8.25. The third-order valence-corrected chi connectivity index (χ3v) is 4.08. The predicted molar refractivity (Wildman–Crippen MR) is 97.3 cm³/mol. The molecule has 2 rings (SSSR count). The van der Waals surface area contributed by atoms with E-state index in [4.69, 9.17) is 4.42 Å². The first-order valence-electron chi connectivity index (χ1n) is 8.25. The summed E-state index contributed by atoms with van der Waals surface area (Å²) in [5.74, 6) is 0.394. The number of furan rings is 1. The van der Waals surface area contributed by atoms with Gasteiger partial charge in [0.2, 0.25) is 11.8 Å². The summed E-state index contributed by atoms with van der Waals surface area (Å²) in [5, 5.41) is 5.97. The van der Waals surface area contributed by atoms with Crippen molar-refractivity contribution in [2.75, 3.05) is 25.5 Å². The first kappa shape index (κ1) is 18.7. The van der Waals surface area contributed by atoms with Gasteiger partial charge in [-0.15, -0.1) is 0 Å². The molecule has 0 saturated heterocycles. The number of aryl methyl sites for hydroxylation is 2. The number of likely N-dealkylation sites (N-methyl/N-ethyl adjacent to an activating group) is 1. The molecule has 25 heavy (non-hydrogen) atoms. The van der Waals surface area contributed by atoms with Gasteiger partial charge in [0, 0.05) is 12.7 Å². The van der Waals surface area contributed by atoms with Crippen LogP contribution >= 0.6 is 0 Å². The van der Waals surface area contributed by atoms with Crippen LogP contribution in [0.2, 0.25) is 0 Å². The van der Waals surface area contributed by atoms with E-state index in [0.29, 0.717) is 0 Å². The third kappa shape index (κ3) is 5.19. The molecule has 1 aromatic heterocycles. The predicted octanol–water partition coefficient (Wildman–Crippen LogP) is 2.64. The van der Waals surface area contributed by atoms with Crippen molar-refractivity contribution in [2.24, 2.45) is 0 Å². The molecule has 6 nitrogen and oxygen atoms in total. The Morgan fingerprint density at radius 2 is 1.84 bits per heavy atom. The van der Waals surface area contributed by atoms with Crippen molar-refractivity contribution < 1.29 is 14.0 Å². The van der Waals surface area contributed by atoms with Crippen LogP contribution in [0.25, 0.3) is 0 Å². The van der Waals surface area contributed by atoms with Crippen molar-refractivity contribution in [3.05, 3.63) is 53.5 Å². The molecule has 0 aliphatic carbocycles. The second-order valence-electron chi connectivity index (χ2n) is 6.18. The highest BCUT2D eigenvalue weighted by molar-refractivity contribution is 5.95. The van der Waals surface area contributed by atoms with Crippen molar-refractivity contribution in [2.45, 2.75) is 26.8 Å². The summed E-state index contributed by atoms with van der Waals surface area (Å²) in [7, 11) is 1.62. The first-order chi connectivity index (χ1) is 11.9. The van der Waals surface area contributed by atoms with Gasteiger partial charge < -0.3 is 14.6 Å². The van der Waals surface area contributed by atoms with E-state index in [1.54, 1.807) is 19.4 Å². The van der Waals surface area contributed by atoms with Gasteiger partial charge in [-0.2, -0.15) is 0 Å². The molecule has 0 unspecified atom stereocenters. The maximum absolute atomic E-state index is 12.2. The number of carbonyl (C=O) groups excluding carboxylic acids is 2. The number of carbonyl (C=O) groups is 2. The van der Waals surface area contributed by atoms with Gasteiger partial charge in [-0.25, -0.2) is 0 Å². The lowest BCUT2D eigenvalue weighted by Crippen LogP contribution is -2.40. The number of anilines is 1. The van der Waals surface area contributed by atoms with Crippen molar-refractivity contribution in [3.63, 3.8) is 0 Å². The van der Waals surface area contributed by atoms with Crippen LogP contribution in [0.3, 0.4) is 0 Å². The fourth-order valence-corrected chi connectivity index (χ4v) is 2.51. The van der Waals surface area contributed by atoms with Crippen LogP contribution in [0, 0.1) is 13.8 Å². The molecule has 0 fully saturated rings. The number of para-hydroxylation sites is 1. The molecule has 1 aromatic carbocycles. The highest BCUT2D eigenvalue weighted by atomic mass is 16.3. The van der Waals surface area contributed by atoms with E-state index in [1.165, 1.54) is 4.90 Å². The molecule has 0 bridgehead atoms. The topological polar surface area (TPSA) is 74.6 Å². The summed E-state index contributed by atoms with van der Waals surface area (Å²) in [5.41, 5.74) is 2.80. The molecule has 1 heterocycles. The van der Waals surface area contributed by atoms with Gasteiger partial charge in [0.25, 0.3) is 0 Å². The van der Waals surface area contributed by atoms with Crippen LogP contribution in [0.15, 0.2) is 41.0 Å². The minimum absolute atomic E-state index is 0.00339. The number of nitrogens with zero attached hydrogens (tertiary/aromatic N) is 1. The number of benzene rings is 1. The Balaban J connectivity index is 1.83. The van der Waals surface area contributed by atoms with Crippen LogP contribution in [-0.4, -0.2) is 36.9 Å². The molecule has 0 aliphatic rings. The number of hydrogen-bond donors (Lipinski definition) is 2. The van der Waals surface area contributed by atoms with E-state index in [1.807, 2.05) is 45.0 Å². The summed E-state index contributed by atoms with van der Waals surface area (Å²) >= 11 is 0. The van der Waals surface area contributed by atoms with Gasteiger partial charge in [-0.05, 0) is 44.0 Å². The Bertz CT molecular complexity index is 705. The Kier molecular flexibility index (Phi) is 6.36. The second-order valence-corrected chi connectivity index (χ2v) is 6.18. The average Bonchev–Trinajstić information content (AvgIpc) is 3.10. The number of hydrogen-bond acceptors (Lipinski definition) is 4. The zero-order chi connectivity index (χ0) is 18.4. The van der Waals surface area contributed by atoms with E-state index >= 15 is 0 Å². The summed E-state index contributed by atoms with van der Waals surface area (Å²) in [6, 6.07) is 9.41. The maximum Gasteiger partial charge on any atom is 0.243 e. The van der Waals surface area contributed by atoms with E-state index in [-0.39, 0.29) is 30.9 Å². The van der Waals surface area contributed by atoms with Gasteiger partial charge in [-0.1, -0.05) is 18.2 Å². The van der Waals surface area contributed by atoms with Crippen molar-refractivity contribution in [1.29, 1.82) is 0 Å². The number of rotatable bonds is 7. The van der Waals surface area contributed by atoms with E-state index in [0.717, 1.165) is 22.6 Å². The highest BCUT2D eigenvalue weighted by Crippen LogP contribution is 2.19. The zero-order valence-electron chi connectivity index (χ0n) is 15.1. The molecular weight excluding hydrogens is 318 g/mol. The Morgan fingerprint density at radius 1 is 1.16 bits per heavy atom. The summed E-state index contributed by atoms with van der Waals surface area (Å²) in [6.07, 6.45) is 1.60. The molecule has 0 radical (unpaired) electrons. The Labute approximate surface area is 148 Å². The van der Waals surface area contributed by atoms with Gasteiger partial charge in [0.05, 0.1) is 25.4 Å². The second kappa shape index (κ2) is 8.48. The smallest absolute Gasteiger partial charge is 0.243 e.